The third-order valence-corrected chi connectivity index (χ3v) is 8.65. The summed E-state index contributed by atoms with van der Waals surface area (Å²) in [6.07, 6.45) is 1.51. The monoisotopic (exact) mass is 522 g/mol. The number of ether oxygens (including phenoxy) is 3. The Labute approximate surface area is 211 Å². The van der Waals surface area contributed by atoms with Crippen LogP contribution in [0.4, 0.5) is 0 Å². The van der Waals surface area contributed by atoms with Gasteiger partial charge in [0.05, 0.1) is 31.8 Å². The lowest BCUT2D eigenvalue weighted by Crippen LogP contribution is -2.51. The second-order valence-electron chi connectivity index (χ2n) is 9.03. The molecule has 2 heterocycles. The predicted octanol–water partition coefficient (Wildman–Crippen LogP) is 3.45. The van der Waals surface area contributed by atoms with E-state index in [0.717, 1.165) is 0 Å². The highest BCUT2D eigenvalue weighted by Crippen LogP contribution is 2.38. The number of carbonyl (C=O) groups is 1. The number of sulfonamides is 1. The van der Waals surface area contributed by atoms with Crippen molar-refractivity contribution in [2.45, 2.75) is 24.2 Å². The smallest absolute Gasteiger partial charge is 0.243 e. The Kier molecular flexibility index (Phi) is 8.21. The third-order valence-electron chi connectivity index (χ3n) is 6.55. The fraction of sp³-hybridized carbons (Fsp3) is 0.480. The van der Waals surface area contributed by atoms with Gasteiger partial charge in [0.15, 0.2) is 0 Å². The topological polar surface area (TPSA) is 85.4 Å². The summed E-state index contributed by atoms with van der Waals surface area (Å²) in [5.41, 5.74) is -0.667. The van der Waals surface area contributed by atoms with Gasteiger partial charge >= 0.3 is 0 Å². The summed E-state index contributed by atoms with van der Waals surface area (Å²) in [4.78, 5) is 15.2. The summed E-state index contributed by atoms with van der Waals surface area (Å²) in [7, 11) is -2.28. The first-order valence-electron chi connectivity index (χ1n) is 11.7. The Balaban J connectivity index is 1.58. The molecule has 0 spiro atoms. The van der Waals surface area contributed by atoms with E-state index in [-0.39, 0.29) is 30.4 Å². The minimum Gasteiger partial charge on any atom is -0.497 e. The van der Waals surface area contributed by atoms with Crippen molar-refractivity contribution in [2.75, 3.05) is 53.1 Å². The molecule has 2 aromatic rings. The number of piperidine rings is 1. The van der Waals surface area contributed by atoms with Gasteiger partial charge < -0.3 is 19.1 Å². The number of benzene rings is 2. The lowest BCUT2D eigenvalue weighted by atomic mass is 9.78. The van der Waals surface area contributed by atoms with Gasteiger partial charge in [-0.15, -0.1) is 0 Å². The van der Waals surface area contributed by atoms with Crippen molar-refractivity contribution in [2.24, 2.45) is 5.41 Å². The molecule has 35 heavy (non-hydrogen) atoms. The average Bonchev–Trinajstić information content (AvgIpc) is 2.89. The number of amides is 1. The molecule has 2 aromatic carbocycles. The lowest BCUT2D eigenvalue weighted by Gasteiger charge is -2.42. The molecule has 190 valence electrons. The Bertz CT molecular complexity index is 1120. The molecule has 10 heteroatoms. The van der Waals surface area contributed by atoms with Gasteiger partial charge in [-0.2, -0.15) is 4.31 Å². The number of carbonyl (C=O) groups excluding carboxylic acids is 1. The SMILES string of the molecule is COc1cccc(S(=O)(=O)N2CCC[C@](COc3ccc(Cl)cc3)(CC(=O)N3CCOCC3)C2)c1. The fourth-order valence-corrected chi connectivity index (χ4v) is 6.36. The molecule has 2 aliphatic heterocycles. The maximum absolute atomic E-state index is 13.5. The third kappa shape index (κ3) is 6.27. The van der Waals surface area contributed by atoms with Gasteiger partial charge in [0, 0.05) is 49.1 Å². The van der Waals surface area contributed by atoms with Crippen molar-refractivity contribution < 1.29 is 27.4 Å². The quantitative estimate of drug-likeness (QED) is 0.528. The normalized spacial score (nSPS) is 21.5. The summed E-state index contributed by atoms with van der Waals surface area (Å²) in [5, 5.41) is 0.600. The van der Waals surface area contributed by atoms with Crippen molar-refractivity contribution in [1.82, 2.24) is 9.21 Å². The van der Waals surface area contributed by atoms with E-state index in [9.17, 15) is 13.2 Å². The van der Waals surface area contributed by atoms with Gasteiger partial charge in [0.25, 0.3) is 0 Å². The Hall–Kier alpha value is -2.33. The molecule has 0 aromatic heterocycles. The summed E-state index contributed by atoms with van der Waals surface area (Å²) in [5.74, 6) is 1.09. The molecule has 0 aliphatic carbocycles. The molecule has 1 atom stereocenters. The van der Waals surface area contributed by atoms with Crippen molar-refractivity contribution in [3.05, 3.63) is 53.6 Å². The molecule has 0 bridgehead atoms. The number of methoxy groups -OCH3 is 1. The average molecular weight is 523 g/mol. The van der Waals surface area contributed by atoms with Crippen LogP contribution in [0.5, 0.6) is 11.5 Å². The van der Waals surface area contributed by atoms with Crippen LogP contribution in [0.15, 0.2) is 53.4 Å². The largest absolute Gasteiger partial charge is 0.497 e. The highest BCUT2D eigenvalue weighted by molar-refractivity contribution is 7.89. The molecule has 1 amide bonds. The second kappa shape index (κ2) is 11.2. The molecule has 0 radical (unpaired) electrons. The predicted molar refractivity (Wildman–Crippen MR) is 132 cm³/mol. The number of hydrogen-bond donors (Lipinski definition) is 0. The van der Waals surface area contributed by atoms with Gasteiger partial charge in [-0.05, 0) is 49.2 Å². The van der Waals surface area contributed by atoms with Crippen LogP contribution in [0.2, 0.25) is 5.02 Å². The number of halogens is 1. The molecule has 0 N–H and O–H groups in total. The van der Waals surface area contributed by atoms with Crippen LogP contribution in [0, 0.1) is 5.41 Å². The van der Waals surface area contributed by atoms with Crippen molar-refractivity contribution >= 4 is 27.5 Å². The van der Waals surface area contributed by atoms with E-state index in [0.29, 0.717) is 62.2 Å². The number of hydrogen-bond acceptors (Lipinski definition) is 6. The van der Waals surface area contributed by atoms with Crippen LogP contribution in [-0.4, -0.2) is 76.6 Å². The molecule has 2 saturated heterocycles. The molecule has 4 rings (SSSR count). The van der Waals surface area contributed by atoms with E-state index >= 15 is 0 Å². The van der Waals surface area contributed by atoms with Crippen LogP contribution in [0.1, 0.15) is 19.3 Å². The molecule has 2 aliphatic rings. The zero-order valence-corrected chi connectivity index (χ0v) is 21.4. The van der Waals surface area contributed by atoms with Crippen LogP contribution < -0.4 is 9.47 Å². The fourth-order valence-electron chi connectivity index (χ4n) is 4.60. The van der Waals surface area contributed by atoms with E-state index in [1.54, 1.807) is 47.4 Å². The van der Waals surface area contributed by atoms with Gasteiger partial charge in [0.2, 0.25) is 15.9 Å². The van der Waals surface area contributed by atoms with Crippen LogP contribution >= 0.6 is 11.6 Å². The van der Waals surface area contributed by atoms with Crippen molar-refractivity contribution in [3.63, 3.8) is 0 Å². The van der Waals surface area contributed by atoms with Crippen molar-refractivity contribution in [1.29, 1.82) is 0 Å². The first kappa shape index (κ1) is 25.8. The first-order valence-corrected chi connectivity index (χ1v) is 13.5. The Morgan fingerprint density at radius 1 is 1.09 bits per heavy atom. The van der Waals surface area contributed by atoms with Crippen LogP contribution in [0.3, 0.4) is 0 Å². The highest BCUT2D eigenvalue weighted by Gasteiger charge is 2.43. The molecule has 2 fully saturated rings. The maximum atomic E-state index is 13.5. The summed E-state index contributed by atoms with van der Waals surface area (Å²) >= 11 is 5.99. The standard InChI is InChI=1S/C25H31ClN2O6S/c1-32-22-4-2-5-23(16-22)35(30,31)28-11-3-10-25(18-28,17-24(29)27-12-14-33-15-13-27)19-34-21-8-6-20(26)7-9-21/h2,4-9,16H,3,10-15,17-19H2,1H3/t25-/m0/s1. The van der Waals surface area contributed by atoms with Gasteiger partial charge in [-0.1, -0.05) is 17.7 Å². The number of nitrogens with zero attached hydrogens (tertiary/aromatic N) is 2. The summed E-state index contributed by atoms with van der Waals surface area (Å²) in [6.45, 7) is 2.89. The zero-order valence-electron chi connectivity index (χ0n) is 19.8. The van der Waals surface area contributed by atoms with Crippen molar-refractivity contribution in [3.8, 4) is 11.5 Å². The second-order valence-corrected chi connectivity index (χ2v) is 11.4. The van der Waals surface area contributed by atoms with Crippen LogP contribution in [-0.2, 0) is 19.6 Å². The lowest BCUT2D eigenvalue weighted by molar-refractivity contribution is -0.139. The van der Waals surface area contributed by atoms with E-state index in [1.165, 1.54) is 17.5 Å². The maximum Gasteiger partial charge on any atom is 0.243 e. The summed E-state index contributed by atoms with van der Waals surface area (Å²) in [6, 6.07) is 13.5. The minimum atomic E-state index is -3.78. The van der Waals surface area contributed by atoms with Crippen LogP contribution in [0.25, 0.3) is 0 Å². The van der Waals surface area contributed by atoms with Gasteiger partial charge in [-0.25, -0.2) is 8.42 Å². The highest BCUT2D eigenvalue weighted by atomic mass is 35.5. The first-order chi connectivity index (χ1) is 16.8. The molecule has 8 nitrogen and oxygen atoms in total. The number of rotatable bonds is 8. The van der Waals surface area contributed by atoms with E-state index in [2.05, 4.69) is 0 Å². The van der Waals surface area contributed by atoms with E-state index < -0.39 is 15.4 Å². The van der Waals surface area contributed by atoms with E-state index in [4.69, 9.17) is 25.8 Å². The Morgan fingerprint density at radius 3 is 2.54 bits per heavy atom. The Morgan fingerprint density at radius 2 is 1.83 bits per heavy atom. The zero-order chi connectivity index (χ0) is 24.9. The minimum absolute atomic E-state index is 0.00589. The molecule has 0 saturated carbocycles. The summed E-state index contributed by atoms with van der Waals surface area (Å²) < 4.78 is 45.3. The molecular formula is C25H31ClN2O6S. The van der Waals surface area contributed by atoms with Gasteiger partial charge in [-0.3, -0.25) is 4.79 Å². The molecular weight excluding hydrogens is 492 g/mol. The van der Waals surface area contributed by atoms with Gasteiger partial charge in [0.1, 0.15) is 11.5 Å². The van der Waals surface area contributed by atoms with E-state index in [1.807, 2.05) is 0 Å². The number of morpholine rings is 1. The molecule has 0 unspecified atom stereocenters.